The van der Waals surface area contributed by atoms with Crippen molar-refractivity contribution < 1.29 is 31.5 Å². The quantitative estimate of drug-likeness (QED) is 0.866. The highest BCUT2D eigenvalue weighted by Crippen LogP contribution is 2.30. The van der Waals surface area contributed by atoms with Gasteiger partial charge >= 0.3 is 6.18 Å². The van der Waals surface area contributed by atoms with Crippen LogP contribution in [0.1, 0.15) is 19.4 Å². The van der Waals surface area contributed by atoms with Crippen molar-refractivity contribution in [2.24, 2.45) is 5.92 Å². The number of hydrogen-bond acceptors (Lipinski definition) is 4. The molecule has 0 radical (unpaired) electrons. The molecular formula is C12H13F3NO4S-. The number of carbonyl (C=O) groups excluding carboxylic acids is 1. The zero-order chi connectivity index (χ0) is 16.4. The average Bonchev–Trinajstić information content (AvgIpc) is 2.34. The fraction of sp³-hybridized carbons (Fsp3) is 0.417. The van der Waals surface area contributed by atoms with Crippen molar-refractivity contribution in [2.45, 2.75) is 31.0 Å². The molecule has 9 heteroatoms. The van der Waals surface area contributed by atoms with E-state index in [-0.39, 0.29) is 0 Å². The Kier molecular flexibility index (Phi) is 5.00. The number of rotatable bonds is 5. The van der Waals surface area contributed by atoms with Gasteiger partial charge in [0.05, 0.1) is 22.5 Å². The molecule has 1 atom stereocenters. The average molecular weight is 324 g/mol. The summed E-state index contributed by atoms with van der Waals surface area (Å²) in [4.78, 5) is 10.2. The van der Waals surface area contributed by atoms with Gasteiger partial charge < -0.3 is 9.90 Å². The maximum atomic E-state index is 12.6. The highest BCUT2D eigenvalue weighted by atomic mass is 32.2. The number of alkyl halides is 3. The smallest absolute Gasteiger partial charge is 0.416 e. The summed E-state index contributed by atoms with van der Waals surface area (Å²) in [5.41, 5.74) is -1.14. The van der Waals surface area contributed by atoms with Gasteiger partial charge in [0.25, 0.3) is 0 Å². The highest BCUT2D eigenvalue weighted by Gasteiger charge is 2.32. The summed E-state index contributed by atoms with van der Waals surface area (Å²) in [7, 11) is -4.40. The Hall–Kier alpha value is -1.61. The van der Waals surface area contributed by atoms with E-state index >= 15 is 0 Å². The van der Waals surface area contributed by atoms with Gasteiger partial charge in [-0.2, -0.15) is 13.2 Å². The van der Waals surface area contributed by atoms with Gasteiger partial charge in [0, 0.05) is 0 Å². The number of nitrogens with one attached hydrogen (secondary N) is 1. The van der Waals surface area contributed by atoms with Crippen molar-refractivity contribution >= 4 is 16.0 Å². The van der Waals surface area contributed by atoms with Crippen molar-refractivity contribution in [2.75, 3.05) is 0 Å². The van der Waals surface area contributed by atoms with Gasteiger partial charge in [0.1, 0.15) is 0 Å². The Balaban J connectivity index is 3.17. The first kappa shape index (κ1) is 17.4. The zero-order valence-electron chi connectivity index (χ0n) is 11.1. The number of sulfonamides is 1. The minimum Gasteiger partial charge on any atom is -0.548 e. The molecule has 0 aliphatic heterocycles. The van der Waals surface area contributed by atoms with E-state index in [9.17, 15) is 31.5 Å². The number of halogens is 3. The van der Waals surface area contributed by atoms with Gasteiger partial charge in [0.2, 0.25) is 10.0 Å². The summed E-state index contributed by atoms with van der Waals surface area (Å²) in [5, 5.41) is 10.9. The van der Waals surface area contributed by atoms with Crippen LogP contribution in [0.5, 0.6) is 0 Å². The van der Waals surface area contributed by atoms with E-state index in [1.165, 1.54) is 13.8 Å². The molecule has 0 bridgehead atoms. The summed E-state index contributed by atoms with van der Waals surface area (Å²) in [5.74, 6) is -2.28. The maximum Gasteiger partial charge on any atom is 0.416 e. The van der Waals surface area contributed by atoms with E-state index in [4.69, 9.17) is 0 Å². The standard InChI is InChI=1S/C12H14F3NO4S/c1-7(2)10(11(17)18)16-21(19,20)9-5-3-4-8(6-9)12(13,14)15/h3-7,10,16H,1-2H3,(H,17,18)/p-1. The molecule has 1 unspecified atom stereocenters. The Morgan fingerprint density at radius 3 is 2.29 bits per heavy atom. The lowest BCUT2D eigenvalue weighted by molar-refractivity contribution is -0.309. The molecule has 118 valence electrons. The topological polar surface area (TPSA) is 86.3 Å². The van der Waals surface area contributed by atoms with Crippen LogP contribution >= 0.6 is 0 Å². The molecule has 5 nitrogen and oxygen atoms in total. The molecule has 0 amide bonds. The van der Waals surface area contributed by atoms with Crippen LogP contribution in [0, 0.1) is 5.92 Å². The number of carboxylic acid groups (broad SMARTS) is 1. The number of carboxylic acids is 1. The molecule has 0 aliphatic carbocycles. The van der Waals surface area contributed by atoms with E-state index in [2.05, 4.69) is 0 Å². The van der Waals surface area contributed by atoms with Crippen molar-refractivity contribution in [3.63, 3.8) is 0 Å². The van der Waals surface area contributed by atoms with E-state index in [1.807, 2.05) is 4.72 Å². The third kappa shape index (κ3) is 4.43. The summed E-state index contributed by atoms with van der Waals surface area (Å²) < 4.78 is 63.4. The summed E-state index contributed by atoms with van der Waals surface area (Å²) in [6.07, 6.45) is -4.70. The van der Waals surface area contributed by atoms with Gasteiger partial charge in [-0.15, -0.1) is 0 Å². The summed E-state index contributed by atoms with van der Waals surface area (Å²) in [6.45, 7) is 2.88. The number of benzene rings is 1. The second kappa shape index (κ2) is 6.02. The molecule has 0 aromatic heterocycles. The molecule has 0 spiro atoms. The molecule has 0 saturated heterocycles. The molecule has 1 N–H and O–H groups in total. The van der Waals surface area contributed by atoms with Crippen LogP contribution in [-0.2, 0) is 21.0 Å². The molecular weight excluding hydrogens is 311 g/mol. The fourth-order valence-electron chi connectivity index (χ4n) is 1.53. The first-order valence-corrected chi connectivity index (χ1v) is 7.34. The molecule has 0 fully saturated rings. The van der Waals surface area contributed by atoms with Crippen LogP contribution in [0.4, 0.5) is 13.2 Å². The van der Waals surface area contributed by atoms with Gasteiger partial charge in [-0.25, -0.2) is 13.1 Å². The molecule has 0 aliphatic rings. The largest absolute Gasteiger partial charge is 0.548 e. The monoisotopic (exact) mass is 324 g/mol. The van der Waals surface area contributed by atoms with Gasteiger partial charge in [0.15, 0.2) is 0 Å². The molecule has 21 heavy (non-hydrogen) atoms. The van der Waals surface area contributed by atoms with Crippen LogP contribution in [0.2, 0.25) is 0 Å². The van der Waals surface area contributed by atoms with E-state index in [1.54, 1.807) is 0 Å². The predicted molar refractivity (Wildman–Crippen MR) is 65.4 cm³/mol. The second-order valence-corrected chi connectivity index (χ2v) is 6.40. The van der Waals surface area contributed by atoms with E-state index < -0.39 is 44.6 Å². The van der Waals surface area contributed by atoms with Gasteiger partial charge in [-0.05, 0) is 24.1 Å². The molecule has 0 heterocycles. The minimum absolute atomic E-state index is 0.439. The van der Waals surface area contributed by atoms with Crippen LogP contribution in [-0.4, -0.2) is 20.4 Å². The molecule has 0 saturated carbocycles. The van der Waals surface area contributed by atoms with Crippen LogP contribution in [0.25, 0.3) is 0 Å². The molecule has 1 aromatic rings. The predicted octanol–water partition coefficient (Wildman–Crippen LogP) is 0.758. The number of hydrogen-bond donors (Lipinski definition) is 1. The van der Waals surface area contributed by atoms with Gasteiger partial charge in [-0.3, -0.25) is 0 Å². The summed E-state index contributed by atoms with van der Waals surface area (Å²) in [6, 6.07) is 1.50. The van der Waals surface area contributed by atoms with Crippen molar-refractivity contribution in [1.29, 1.82) is 0 Å². The van der Waals surface area contributed by atoms with Crippen molar-refractivity contribution in [3.8, 4) is 0 Å². The third-order valence-corrected chi connectivity index (χ3v) is 4.11. The third-order valence-electron chi connectivity index (χ3n) is 2.67. The highest BCUT2D eigenvalue weighted by molar-refractivity contribution is 7.89. The first-order valence-electron chi connectivity index (χ1n) is 5.85. The SMILES string of the molecule is CC(C)C(NS(=O)(=O)c1cccc(C(F)(F)F)c1)C(=O)[O-]. The van der Waals surface area contributed by atoms with E-state index in [0.717, 1.165) is 18.2 Å². The van der Waals surface area contributed by atoms with Crippen LogP contribution < -0.4 is 9.83 Å². The lowest BCUT2D eigenvalue weighted by atomic mass is 10.1. The Bertz CT molecular complexity index is 626. The lowest BCUT2D eigenvalue weighted by Crippen LogP contribution is -2.50. The number of aliphatic carboxylic acids is 1. The van der Waals surface area contributed by atoms with Gasteiger partial charge in [-0.1, -0.05) is 19.9 Å². The minimum atomic E-state index is -4.70. The van der Waals surface area contributed by atoms with Crippen LogP contribution in [0.3, 0.4) is 0 Å². The summed E-state index contributed by atoms with van der Waals surface area (Å²) >= 11 is 0. The molecule has 1 rings (SSSR count). The molecule has 1 aromatic carbocycles. The maximum absolute atomic E-state index is 12.6. The van der Waals surface area contributed by atoms with Crippen molar-refractivity contribution in [1.82, 2.24) is 4.72 Å². The zero-order valence-corrected chi connectivity index (χ0v) is 12.0. The Morgan fingerprint density at radius 2 is 1.86 bits per heavy atom. The van der Waals surface area contributed by atoms with Crippen LogP contribution in [0.15, 0.2) is 29.2 Å². The Morgan fingerprint density at radius 1 is 1.29 bits per heavy atom. The number of carbonyl (C=O) groups is 1. The Labute approximate surface area is 119 Å². The second-order valence-electron chi connectivity index (χ2n) is 4.69. The lowest BCUT2D eigenvalue weighted by Gasteiger charge is -2.23. The fourth-order valence-corrected chi connectivity index (χ4v) is 2.91. The normalized spacial score (nSPS) is 14.2. The first-order chi connectivity index (χ1) is 9.45. The van der Waals surface area contributed by atoms with E-state index in [0.29, 0.717) is 6.07 Å². The van der Waals surface area contributed by atoms with Crippen molar-refractivity contribution in [3.05, 3.63) is 29.8 Å².